The molecule has 1 aliphatic carbocycles. The first-order valence-electron chi connectivity index (χ1n) is 10.2. The SMILES string of the molecule is C1=Cc2cc3cc4cc5cc6cc7ccccc7cc6cc5cc4cc3cc2C1. The van der Waals surface area contributed by atoms with Crippen LogP contribution in [0.2, 0.25) is 0 Å². The Morgan fingerprint density at radius 1 is 0.414 bits per heavy atom. The van der Waals surface area contributed by atoms with Crippen molar-refractivity contribution in [3.63, 3.8) is 0 Å². The lowest BCUT2D eigenvalue weighted by molar-refractivity contribution is 1.32. The van der Waals surface area contributed by atoms with Crippen LogP contribution >= 0.6 is 0 Å². The summed E-state index contributed by atoms with van der Waals surface area (Å²) < 4.78 is 0. The maximum Gasteiger partial charge on any atom is -0.00880 e. The molecule has 1 aliphatic rings. The van der Waals surface area contributed by atoms with Crippen LogP contribution in [0.15, 0.2) is 91.0 Å². The van der Waals surface area contributed by atoms with Gasteiger partial charge < -0.3 is 0 Å². The Kier molecular flexibility index (Phi) is 2.88. The van der Waals surface area contributed by atoms with Crippen molar-refractivity contribution in [1.29, 1.82) is 0 Å². The summed E-state index contributed by atoms with van der Waals surface area (Å²) in [7, 11) is 0. The molecule has 0 saturated heterocycles. The Labute approximate surface area is 168 Å². The standard InChI is InChI=1S/C29H18/c1-2-5-19-9-23-13-27-17-29-15-25-11-21-7-3-6-20(21)10-24(25)14-28(29)16-26(27)12-22(23)8-18(19)4-1/h1-6,8-17H,7H2. The zero-order valence-corrected chi connectivity index (χ0v) is 15.9. The van der Waals surface area contributed by atoms with Crippen molar-refractivity contribution in [2.24, 2.45) is 0 Å². The molecule has 0 heteroatoms. The van der Waals surface area contributed by atoms with Gasteiger partial charge in [-0.2, -0.15) is 0 Å². The number of rotatable bonds is 0. The largest absolute Gasteiger partial charge is 0.0795 e. The van der Waals surface area contributed by atoms with E-state index in [0.29, 0.717) is 0 Å². The van der Waals surface area contributed by atoms with E-state index in [4.69, 9.17) is 0 Å². The molecular formula is C29H18. The van der Waals surface area contributed by atoms with Gasteiger partial charge in [-0.3, -0.25) is 0 Å². The van der Waals surface area contributed by atoms with Gasteiger partial charge in [-0.25, -0.2) is 0 Å². The maximum absolute atomic E-state index is 2.36. The number of benzene rings is 6. The van der Waals surface area contributed by atoms with Gasteiger partial charge in [-0.05, 0) is 126 Å². The predicted octanol–water partition coefficient (Wildman–Crippen LogP) is 8.02. The van der Waals surface area contributed by atoms with Crippen LogP contribution < -0.4 is 0 Å². The third-order valence-electron chi connectivity index (χ3n) is 6.46. The molecule has 0 atom stereocenters. The fourth-order valence-electron chi connectivity index (χ4n) is 4.96. The van der Waals surface area contributed by atoms with Crippen LogP contribution in [0.3, 0.4) is 0 Å². The van der Waals surface area contributed by atoms with Gasteiger partial charge in [0.05, 0.1) is 0 Å². The van der Waals surface area contributed by atoms with Gasteiger partial charge in [0.25, 0.3) is 0 Å². The van der Waals surface area contributed by atoms with Crippen molar-refractivity contribution in [2.45, 2.75) is 6.42 Å². The second-order valence-corrected chi connectivity index (χ2v) is 8.30. The molecule has 0 nitrogen and oxygen atoms in total. The van der Waals surface area contributed by atoms with Crippen molar-refractivity contribution in [3.8, 4) is 0 Å². The number of fused-ring (bicyclic) bond motifs is 6. The van der Waals surface area contributed by atoms with Crippen molar-refractivity contribution in [1.82, 2.24) is 0 Å². The average molecular weight is 366 g/mol. The third kappa shape index (κ3) is 2.26. The van der Waals surface area contributed by atoms with Crippen LogP contribution in [0.1, 0.15) is 11.1 Å². The molecule has 0 saturated carbocycles. The third-order valence-corrected chi connectivity index (χ3v) is 6.46. The second kappa shape index (κ2) is 5.46. The fraction of sp³-hybridized carbons (Fsp3) is 0.0345. The molecule has 0 aromatic heterocycles. The Bertz CT molecular complexity index is 1670. The smallest absolute Gasteiger partial charge is 0.00880 e. The molecule has 0 amide bonds. The zero-order chi connectivity index (χ0) is 18.9. The monoisotopic (exact) mass is 366 g/mol. The van der Waals surface area contributed by atoms with Crippen molar-refractivity contribution in [3.05, 3.63) is 102 Å². The average Bonchev–Trinajstić information content (AvgIpc) is 3.19. The minimum absolute atomic E-state index is 1.06. The van der Waals surface area contributed by atoms with Gasteiger partial charge in [-0.15, -0.1) is 0 Å². The van der Waals surface area contributed by atoms with E-state index >= 15 is 0 Å². The highest BCUT2D eigenvalue weighted by molar-refractivity contribution is 6.10. The van der Waals surface area contributed by atoms with Gasteiger partial charge >= 0.3 is 0 Å². The minimum Gasteiger partial charge on any atom is -0.0795 e. The number of hydrogen-bond donors (Lipinski definition) is 0. The first-order valence-corrected chi connectivity index (χ1v) is 10.2. The quantitative estimate of drug-likeness (QED) is 0.239. The van der Waals surface area contributed by atoms with Gasteiger partial charge in [0, 0.05) is 0 Å². The summed E-state index contributed by atoms with van der Waals surface area (Å²) >= 11 is 0. The molecule has 6 aromatic carbocycles. The van der Waals surface area contributed by atoms with Crippen LogP contribution in [0, 0.1) is 0 Å². The lowest BCUT2D eigenvalue weighted by atomic mass is 9.95. The van der Waals surface area contributed by atoms with Gasteiger partial charge in [0.1, 0.15) is 0 Å². The molecule has 0 bridgehead atoms. The second-order valence-electron chi connectivity index (χ2n) is 8.30. The van der Waals surface area contributed by atoms with E-state index in [2.05, 4.69) is 97.1 Å². The van der Waals surface area contributed by atoms with Crippen molar-refractivity contribution < 1.29 is 0 Å². The molecule has 0 spiro atoms. The summed E-state index contributed by atoms with van der Waals surface area (Å²) in [6, 6.07) is 32.0. The van der Waals surface area contributed by atoms with E-state index in [9.17, 15) is 0 Å². The van der Waals surface area contributed by atoms with E-state index in [-0.39, 0.29) is 0 Å². The predicted molar refractivity (Wildman–Crippen MR) is 127 cm³/mol. The normalized spacial score (nSPS) is 13.2. The van der Waals surface area contributed by atoms with E-state index in [1.165, 1.54) is 65.0 Å². The van der Waals surface area contributed by atoms with E-state index in [1.54, 1.807) is 0 Å². The Balaban J connectivity index is 1.54. The van der Waals surface area contributed by atoms with Crippen LogP contribution in [0.4, 0.5) is 0 Å². The molecule has 0 fully saturated rings. The molecule has 0 aliphatic heterocycles. The summed E-state index contributed by atoms with van der Waals surface area (Å²) in [6.07, 6.45) is 5.56. The molecule has 0 unspecified atom stereocenters. The van der Waals surface area contributed by atoms with Gasteiger partial charge in [-0.1, -0.05) is 42.5 Å². The summed E-state index contributed by atoms with van der Waals surface area (Å²) in [5, 5.41) is 13.1. The lowest BCUT2D eigenvalue weighted by Gasteiger charge is -2.09. The molecule has 0 N–H and O–H groups in total. The van der Waals surface area contributed by atoms with Crippen LogP contribution in [-0.2, 0) is 6.42 Å². The van der Waals surface area contributed by atoms with Crippen molar-refractivity contribution in [2.75, 3.05) is 0 Å². The van der Waals surface area contributed by atoms with Crippen LogP contribution in [0.5, 0.6) is 0 Å². The summed E-state index contributed by atoms with van der Waals surface area (Å²) in [5.74, 6) is 0. The Morgan fingerprint density at radius 2 is 0.828 bits per heavy atom. The first-order chi connectivity index (χ1) is 14.3. The van der Waals surface area contributed by atoms with Crippen LogP contribution in [-0.4, -0.2) is 0 Å². The molecule has 29 heavy (non-hydrogen) atoms. The van der Waals surface area contributed by atoms with E-state index in [1.807, 2.05) is 0 Å². The topological polar surface area (TPSA) is 0 Å². The Morgan fingerprint density at radius 3 is 1.34 bits per heavy atom. The molecular weight excluding hydrogens is 348 g/mol. The summed E-state index contributed by atoms with van der Waals surface area (Å²) in [4.78, 5) is 0. The highest BCUT2D eigenvalue weighted by Crippen LogP contribution is 2.33. The molecule has 0 radical (unpaired) electrons. The fourth-order valence-corrected chi connectivity index (χ4v) is 4.96. The molecule has 7 rings (SSSR count). The first kappa shape index (κ1) is 15.3. The van der Waals surface area contributed by atoms with E-state index in [0.717, 1.165) is 6.42 Å². The molecule has 0 heterocycles. The maximum atomic E-state index is 2.36. The highest BCUT2D eigenvalue weighted by atomic mass is 14.1. The number of hydrogen-bond acceptors (Lipinski definition) is 0. The molecule has 134 valence electrons. The van der Waals surface area contributed by atoms with Crippen LogP contribution in [0.25, 0.3) is 59.9 Å². The van der Waals surface area contributed by atoms with Gasteiger partial charge in [0.2, 0.25) is 0 Å². The lowest BCUT2D eigenvalue weighted by Crippen LogP contribution is -1.85. The summed E-state index contributed by atoms with van der Waals surface area (Å²) in [5.41, 5.74) is 2.81. The minimum atomic E-state index is 1.06. The zero-order valence-electron chi connectivity index (χ0n) is 15.9. The van der Waals surface area contributed by atoms with Gasteiger partial charge in [0.15, 0.2) is 0 Å². The van der Waals surface area contributed by atoms with E-state index < -0.39 is 0 Å². The highest BCUT2D eigenvalue weighted by Gasteiger charge is 2.09. The van der Waals surface area contributed by atoms with Crippen molar-refractivity contribution >= 4 is 59.9 Å². The Hall–Kier alpha value is -3.64. The number of allylic oxidation sites excluding steroid dienone is 1. The summed E-state index contributed by atoms with van der Waals surface area (Å²) in [6.45, 7) is 0. The molecule has 6 aromatic rings.